The summed E-state index contributed by atoms with van der Waals surface area (Å²) in [6.45, 7) is 0. The molecule has 0 saturated carbocycles. The van der Waals surface area contributed by atoms with Gasteiger partial charge in [0, 0.05) is 5.56 Å². The molecule has 1 heterocycles. The molecule has 19 heavy (non-hydrogen) atoms. The van der Waals surface area contributed by atoms with Gasteiger partial charge in [0.25, 0.3) is 0 Å². The SMILES string of the molecule is CNC(c1ccc2c(c1)CCC2)c1cc(Cl)sc1Cl. The standard InChI is InChI=1S/C15H15Cl2NS/c1-18-14(12-8-13(16)19-15(12)17)11-6-5-9-3-2-4-10(9)7-11/h5-8,14,18H,2-4H2,1H3. The summed E-state index contributed by atoms with van der Waals surface area (Å²) in [7, 11) is 1.96. The molecule has 1 aromatic carbocycles. The van der Waals surface area contributed by atoms with E-state index < -0.39 is 0 Å². The molecule has 1 N–H and O–H groups in total. The third kappa shape index (κ3) is 2.55. The molecule has 4 heteroatoms. The minimum absolute atomic E-state index is 0.113. The predicted octanol–water partition coefficient (Wildman–Crippen LogP) is 4.85. The van der Waals surface area contributed by atoms with Gasteiger partial charge in [-0.2, -0.15) is 0 Å². The molecule has 0 amide bonds. The van der Waals surface area contributed by atoms with Crippen molar-refractivity contribution in [1.29, 1.82) is 0 Å². The van der Waals surface area contributed by atoms with Crippen LogP contribution in [-0.2, 0) is 12.8 Å². The van der Waals surface area contributed by atoms with Crippen LogP contribution >= 0.6 is 34.5 Å². The number of aryl methyl sites for hydroxylation is 2. The van der Waals surface area contributed by atoms with Gasteiger partial charge in [-0.15, -0.1) is 11.3 Å². The van der Waals surface area contributed by atoms with Crippen LogP contribution in [0.1, 0.15) is 34.7 Å². The highest BCUT2D eigenvalue weighted by atomic mass is 35.5. The van der Waals surface area contributed by atoms with Gasteiger partial charge < -0.3 is 5.32 Å². The van der Waals surface area contributed by atoms with Crippen LogP contribution in [0.15, 0.2) is 24.3 Å². The van der Waals surface area contributed by atoms with E-state index in [-0.39, 0.29) is 6.04 Å². The Bertz CT molecular complexity index is 606. The highest BCUT2D eigenvalue weighted by molar-refractivity contribution is 7.20. The molecule has 1 aliphatic rings. The molecular weight excluding hydrogens is 297 g/mol. The van der Waals surface area contributed by atoms with Gasteiger partial charge in [-0.25, -0.2) is 0 Å². The van der Waals surface area contributed by atoms with Crippen LogP contribution in [0.2, 0.25) is 8.67 Å². The molecule has 2 aromatic rings. The fraction of sp³-hybridized carbons (Fsp3) is 0.333. The van der Waals surface area contributed by atoms with Crippen LogP contribution in [0.3, 0.4) is 0 Å². The summed E-state index contributed by atoms with van der Waals surface area (Å²) in [6, 6.07) is 8.84. The van der Waals surface area contributed by atoms with Gasteiger partial charge in [0.15, 0.2) is 0 Å². The number of hydrogen-bond acceptors (Lipinski definition) is 2. The van der Waals surface area contributed by atoms with Crippen molar-refractivity contribution in [3.8, 4) is 0 Å². The Hall–Kier alpha value is -0.540. The third-order valence-corrected chi connectivity index (χ3v) is 5.26. The summed E-state index contributed by atoms with van der Waals surface area (Å²) in [5.74, 6) is 0. The van der Waals surface area contributed by atoms with Gasteiger partial charge in [-0.1, -0.05) is 41.4 Å². The normalized spacial score (nSPS) is 15.5. The summed E-state index contributed by atoms with van der Waals surface area (Å²) in [4.78, 5) is 0. The van der Waals surface area contributed by atoms with E-state index in [1.165, 1.54) is 47.3 Å². The molecule has 1 atom stereocenters. The number of halogens is 2. The van der Waals surface area contributed by atoms with E-state index in [4.69, 9.17) is 23.2 Å². The number of hydrogen-bond donors (Lipinski definition) is 1. The summed E-state index contributed by atoms with van der Waals surface area (Å²) < 4.78 is 1.51. The fourth-order valence-electron chi connectivity index (χ4n) is 2.82. The average molecular weight is 312 g/mol. The lowest BCUT2D eigenvalue weighted by Crippen LogP contribution is -2.17. The highest BCUT2D eigenvalue weighted by Gasteiger charge is 2.20. The molecular formula is C15H15Cl2NS. The lowest BCUT2D eigenvalue weighted by Gasteiger charge is -2.17. The van der Waals surface area contributed by atoms with Gasteiger partial charge in [-0.3, -0.25) is 0 Å². The van der Waals surface area contributed by atoms with Gasteiger partial charge >= 0.3 is 0 Å². The lowest BCUT2D eigenvalue weighted by molar-refractivity contribution is 0.693. The zero-order valence-corrected chi connectivity index (χ0v) is 13.0. The van der Waals surface area contributed by atoms with E-state index in [2.05, 4.69) is 23.5 Å². The molecule has 0 saturated heterocycles. The van der Waals surface area contributed by atoms with Crippen LogP contribution in [-0.4, -0.2) is 7.05 Å². The van der Waals surface area contributed by atoms with E-state index in [1.807, 2.05) is 13.1 Å². The molecule has 3 rings (SSSR count). The second-order valence-electron chi connectivity index (χ2n) is 4.88. The minimum Gasteiger partial charge on any atom is -0.309 e. The minimum atomic E-state index is 0.113. The Kier molecular flexibility index (Phi) is 3.86. The second-order valence-corrected chi connectivity index (χ2v) is 7.17. The van der Waals surface area contributed by atoms with Crippen LogP contribution < -0.4 is 5.32 Å². The Labute approximate surface area is 127 Å². The molecule has 100 valence electrons. The second kappa shape index (κ2) is 5.45. The van der Waals surface area contributed by atoms with Gasteiger partial charge in [0.05, 0.1) is 14.7 Å². The van der Waals surface area contributed by atoms with Crippen molar-refractivity contribution in [2.24, 2.45) is 0 Å². The van der Waals surface area contributed by atoms with E-state index in [0.717, 1.165) is 14.2 Å². The van der Waals surface area contributed by atoms with Crippen molar-refractivity contribution < 1.29 is 0 Å². The number of rotatable bonds is 3. The first kappa shape index (κ1) is 13.4. The maximum absolute atomic E-state index is 6.28. The van der Waals surface area contributed by atoms with Crippen LogP contribution in [0.5, 0.6) is 0 Å². The van der Waals surface area contributed by atoms with E-state index >= 15 is 0 Å². The molecule has 1 nitrogen and oxygen atoms in total. The summed E-state index contributed by atoms with van der Waals surface area (Å²) in [6.07, 6.45) is 3.68. The molecule has 1 unspecified atom stereocenters. The Balaban J connectivity index is 2.00. The van der Waals surface area contributed by atoms with Crippen molar-refractivity contribution in [2.75, 3.05) is 7.05 Å². The van der Waals surface area contributed by atoms with Gasteiger partial charge in [0.1, 0.15) is 0 Å². The van der Waals surface area contributed by atoms with E-state index in [9.17, 15) is 0 Å². The Morgan fingerprint density at radius 1 is 1.16 bits per heavy atom. The maximum Gasteiger partial charge on any atom is 0.0995 e. The van der Waals surface area contributed by atoms with E-state index in [0.29, 0.717) is 0 Å². The van der Waals surface area contributed by atoms with Gasteiger partial charge in [-0.05, 0) is 49.1 Å². The zero-order valence-electron chi connectivity index (χ0n) is 10.7. The topological polar surface area (TPSA) is 12.0 Å². The quantitative estimate of drug-likeness (QED) is 0.854. The molecule has 0 fully saturated rings. The van der Waals surface area contributed by atoms with Crippen LogP contribution in [0, 0.1) is 0 Å². The number of nitrogens with one attached hydrogen (secondary N) is 1. The first-order valence-electron chi connectivity index (χ1n) is 6.42. The smallest absolute Gasteiger partial charge is 0.0995 e. The maximum atomic E-state index is 6.28. The molecule has 0 spiro atoms. The summed E-state index contributed by atoms with van der Waals surface area (Å²) in [5, 5.41) is 3.34. The number of benzene rings is 1. The van der Waals surface area contributed by atoms with Crippen LogP contribution in [0.4, 0.5) is 0 Å². The molecule has 0 bridgehead atoms. The van der Waals surface area contributed by atoms with Crippen molar-refractivity contribution >= 4 is 34.5 Å². The highest BCUT2D eigenvalue weighted by Crippen LogP contribution is 2.38. The predicted molar refractivity (Wildman–Crippen MR) is 83.7 cm³/mol. The van der Waals surface area contributed by atoms with E-state index in [1.54, 1.807) is 0 Å². The summed E-state index contributed by atoms with van der Waals surface area (Å²) >= 11 is 13.8. The molecule has 1 aromatic heterocycles. The Morgan fingerprint density at radius 3 is 2.63 bits per heavy atom. The fourth-order valence-corrected chi connectivity index (χ4v) is 4.36. The molecule has 1 aliphatic carbocycles. The first-order chi connectivity index (χ1) is 9.19. The number of thiophene rings is 1. The average Bonchev–Trinajstić information content (AvgIpc) is 2.97. The summed E-state index contributed by atoms with van der Waals surface area (Å²) in [5.41, 5.74) is 5.31. The lowest BCUT2D eigenvalue weighted by atomic mass is 9.97. The molecule has 0 aliphatic heterocycles. The largest absolute Gasteiger partial charge is 0.309 e. The van der Waals surface area contributed by atoms with Crippen molar-refractivity contribution in [3.63, 3.8) is 0 Å². The third-order valence-electron chi connectivity index (χ3n) is 3.74. The van der Waals surface area contributed by atoms with Gasteiger partial charge in [0.2, 0.25) is 0 Å². The Morgan fingerprint density at radius 2 is 1.95 bits per heavy atom. The van der Waals surface area contributed by atoms with Crippen molar-refractivity contribution in [1.82, 2.24) is 5.32 Å². The van der Waals surface area contributed by atoms with Crippen LogP contribution in [0.25, 0.3) is 0 Å². The number of fused-ring (bicyclic) bond motifs is 1. The monoisotopic (exact) mass is 311 g/mol. The van der Waals surface area contributed by atoms with Crippen molar-refractivity contribution in [3.05, 3.63) is 55.2 Å². The van der Waals surface area contributed by atoms with Crippen molar-refractivity contribution in [2.45, 2.75) is 25.3 Å². The first-order valence-corrected chi connectivity index (χ1v) is 8.00. The molecule has 0 radical (unpaired) electrons. The zero-order chi connectivity index (χ0) is 13.4.